The molecule has 150 valence electrons. The van der Waals surface area contributed by atoms with Crippen LogP contribution in [0.2, 0.25) is 0 Å². The summed E-state index contributed by atoms with van der Waals surface area (Å²) in [4.78, 5) is 14.9. The van der Waals surface area contributed by atoms with E-state index in [9.17, 15) is 4.79 Å². The second-order valence-electron chi connectivity index (χ2n) is 7.49. The molecule has 6 nitrogen and oxygen atoms in total. The van der Waals surface area contributed by atoms with Crippen LogP contribution in [-0.2, 0) is 19.0 Å². The lowest BCUT2D eigenvalue weighted by Crippen LogP contribution is -2.39. The average Bonchev–Trinajstić information content (AvgIpc) is 2.60. The third-order valence-electron chi connectivity index (χ3n) is 5.07. The van der Waals surface area contributed by atoms with Crippen LogP contribution in [0.25, 0.3) is 0 Å². The van der Waals surface area contributed by atoms with E-state index in [-0.39, 0.29) is 18.4 Å². The number of aliphatic hydroxyl groups excluding tert-OH is 1. The van der Waals surface area contributed by atoms with Crippen LogP contribution in [0.4, 0.5) is 0 Å². The van der Waals surface area contributed by atoms with Crippen molar-refractivity contribution < 1.29 is 24.1 Å². The molecule has 0 saturated carbocycles. The van der Waals surface area contributed by atoms with E-state index < -0.39 is 6.29 Å². The first-order valence-electron chi connectivity index (χ1n) is 10.1. The van der Waals surface area contributed by atoms with Crippen molar-refractivity contribution in [1.29, 1.82) is 0 Å². The fourth-order valence-electron chi connectivity index (χ4n) is 3.41. The van der Waals surface area contributed by atoms with Gasteiger partial charge in [-0.1, -0.05) is 33.1 Å². The van der Waals surface area contributed by atoms with Crippen molar-refractivity contribution in [1.82, 2.24) is 4.90 Å². The summed E-state index contributed by atoms with van der Waals surface area (Å²) in [6, 6.07) is 0. The van der Waals surface area contributed by atoms with Gasteiger partial charge in [-0.15, -0.1) is 0 Å². The zero-order chi connectivity index (χ0) is 18.8. The van der Waals surface area contributed by atoms with Gasteiger partial charge in [0.2, 0.25) is 6.29 Å². The summed E-state index contributed by atoms with van der Waals surface area (Å²) in [6.07, 6.45) is 8.10. The smallest absolute Gasteiger partial charge is 0.288 e. The summed E-state index contributed by atoms with van der Waals surface area (Å²) in [5.41, 5.74) is 0. The fourth-order valence-corrected chi connectivity index (χ4v) is 3.41. The van der Waals surface area contributed by atoms with Crippen LogP contribution in [0.3, 0.4) is 0 Å². The van der Waals surface area contributed by atoms with Gasteiger partial charge >= 0.3 is 0 Å². The minimum absolute atomic E-state index is 0.00220. The predicted molar refractivity (Wildman–Crippen MR) is 99.4 cm³/mol. The molecule has 2 aliphatic rings. The van der Waals surface area contributed by atoms with Crippen molar-refractivity contribution in [2.75, 3.05) is 39.5 Å². The third kappa shape index (κ3) is 6.89. The van der Waals surface area contributed by atoms with Gasteiger partial charge in [0.05, 0.1) is 26.4 Å². The number of carbonyl (C=O) groups is 1. The highest BCUT2D eigenvalue weighted by Gasteiger charge is 2.31. The highest BCUT2D eigenvalue weighted by atomic mass is 16.7. The van der Waals surface area contributed by atoms with E-state index >= 15 is 0 Å². The number of ether oxygens (including phenoxy) is 3. The highest BCUT2D eigenvalue weighted by molar-refractivity contribution is 5.91. The van der Waals surface area contributed by atoms with Crippen LogP contribution in [0, 0.1) is 11.8 Å². The highest BCUT2D eigenvalue weighted by Crippen LogP contribution is 2.29. The molecule has 0 radical (unpaired) electrons. The second kappa shape index (κ2) is 11.6. The second-order valence-corrected chi connectivity index (χ2v) is 7.49. The summed E-state index contributed by atoms with van der Waals surface area (Å²) in [5.74, 6) is 1.13. The molecule has 2 rings (SSSR count). The molecule has 0 aliphatic carbocycles. The number of likely N-dealkylation sites (tertiary alicyclic amines) is 1. The molecular weight excluding hydrogens is 334 g/mol. The molecule has 1 amide bonds. The van der Waals surface area contributed by atoms with E-state index in [0.717, 1.165) is 32.4 Å². The number of nitrogens with zero attached hydrogens (tertiary/aromatic N) is 1. The molecule has 2 heterocycles. The molecule has 0 aromatic rings. The van der Waals surface area contributed by atoms with Crippen LogP contribution < -0.4 is 0 Å². The number of aliphatic hydroxyl groups is 1. The van der Waals surface area contributed by atoms with E-state index in [0.29, 0.717) is 31.5 Å². The van der Waals surface area contributed by atoms with Gasteiger partial charge in [0.15, 0.2) is 5.76 Å². The van der Waals surface area contributed by atoms with E-state index in [1.165, 1.54) is 19.3 Å². The van der Waals surface area contributed by atoms with E-state index in [2.05, 4.69) is 13.8 Å². The van der Waals surface area contributed by atoms with Crippen molar-refractivity contribution in [3.05, 3.63) is 11.8 Å². The molecule has 1 saturated heterocycles. The minimum Gasteiger partial charge on any atom is -0.459 e. The molecule has 0 bridgehead atoms. The Morgan fingerprint density at radius 1 is 1.19 bits per heavy atom. The van der Waals surface area contributed by atoms with Crippen LogP contribution in [0.1, 0.15) is 52.4 Å². The maximum atomic E-state index is 13.0. The molecule has 0 aromatic carbocycles. The van der Waals surface area contributed by atoms with Crippen LogP contribution in [-0.4, -0.2) is 61.7 Å². The molecule has 2 unspecified atom stereocenters. The summed E-state index contributed by atoms with van der Waals surface area (Å²) in [7, 11) is 0. The first-order valence-corrected chi connectivity index (χ1v) is 10.1. The molecule has 0 spiro atoms. The fraction of sp³-hybridized carbons (Fsp3) is 0.850. The monoisotopic (exact) mass is 369 g/mol. The number of allylic oxidation sites excluding steroid dienone is 1. The van der Waals surface area contributed by atoms with E-state index in [1.807, 2.05) is 11.0 Å². The number of hydrogen-bond donors (Lipinski definition) is 1. The topological polar surface area (TPSA) is 68.2 Å². The number of rotatable bonds is 8. The number of amides is 1. The Labute approximate surface area is 157 Å². The number of hydrogen-bond acceptors (Lipinski definition) is 5. The summed E-state index contributed by atoms with van der Waals surface area (Å²) >= 11 is 0. The Kier molecular flexibility index (Phi) is 9.43. The standard InChI is InChI=1S/C20H35NO5/c1-16(2)17-14-18(20(23)21-8-6-4-3-5-7-9-21)26-19(15-17)25-13-12-24-11-10-22/h14,16-17,19,22H,3-13,15H2,1-2H3. The zero-order valence-electron chi connectivity index (χ0n) is 16.3. The quantitative estimate of drug-likeness (QED) is 0.666. The van der Waals surface area contributed by atoms with Gasteiger partial charge in [0.1, 0.15) is 0 Å². The van der Waals surface area contributed by atoms with Gasteiger partial charge in [0.25, 0.3) is 5.91 Å². The minimum atomic E-state index is -0.418. The maximum absolute atomic E-state index is 13.0. The van der Waals surface area contributed by atoms with Gasteiger partial charge < -0.3 is 24.2 Å². The van der Waals surface area contributed by atoms with Crippen molar-refractivity contribution in [2.45, 2.75) is 58.7 Å². The first kappa shape index (κ1) is 21.2. The lowest BCUT2D eigenvalue weighted by Gasteiger charge is -2.33. The van der Waals surface area contributed by atoms with E-state index in [4.69, 9.17) is 19.3 Å². The lowest BCUT2D eigenvalue weighted by molar-refractivity contribution is -0.160. The molecule has 6 heteroatoms. The maximum Gasteiger partial charge on any atom is 0.288 e. The van der Waals surface area contributed by atoms with Gasteiger partial charge in [-0.25, -0.2) is 0 Å². The Morgan fingerprint density at radius 2 is 1.88 bits per heavy atom. The van der Waals surface area contributed by atoms with Gasteiger partial charge in [-0.05, 0) is 30.8 Å². The largest absolute Gasteiger partial charge is 0.459 e. The van der Waals surface area contributed by atoms with Crippen molar-refractivity contribution in [3.8, 4) is 0 Å². The van der Waals surface area contributed by atoms with E-state index in [1.54, 1.807) is 0 Å². The van der Waals surface area contributed by atoms with Crippen LogP contribution in [0.15, 0.2) is 11.8 Å². The summed E-state index contributed by atoms with van der Waals surface area (Å²) in [5, 5.41) is 8.73. The average molecular weight is 370 g/mol. The summed E-state index contributed by atoms with van der Waals surface area (Å²) < 4.78 is 16.9. The Balaban J connectivity index is 1.94. The van der Waals surface area contributed by atoms with Gasteiger partial charge in [-0.2, -0.15) is 0 Å². The van der Waals surface area contributed by atoms with Crippen molar-refractivity contribution in [3.63, 3.8) is 0 Å². The molecule has 1 N–H and O–H groups in total. The normalized spacial score (nSPS) is 24.6. The van der Waals surface area contributed by atoms with Gasteiger partial charge in [0, 0.05) is 19.5 Å². The number of carbonyl (C=O) groups excluding carboxylic acids is 1. The van der Waals surface area contributed by atoms with Gasteiger partial charge in [-0.3, -0.25) is 4.79 Å². The molecule has 2 atom stereocenters. The molecule has 26 heavy (non-hydrogen) atoms. The Morgan fingerprint density at radius 3 is 2.54 bits per heavy atom. The Bertz CT molecular complexity index is 443. The van der Waals surface area contributed by atoms with Crippen LogP contribution >= 0.6 is 0 Å². The Hall–Kier alpha value is -1.11. The summed E-state index contributed by atoms with van der Waals surface area (Å²) in [6.45, 7) is 7.05. The molecular formula is C20H35NO5. The third-order valence-corrected chi connectivity index (χ3v) is 5.07. The van der Waals surface area contributed by atoms with Crippen LogP contribution in [0.5, 0.6) is 0 Å². The predicted octanol–water partition coefficient (Wildman–Crippen LogP) is 2.71. The first-order chi connectivity index (χ1) is 12.6. The van der Waals surface area contributed by atoms with Crippen molar-refractivity contribution in [2.24, 2.45) is 11.8 Å². The molecule has 1 fully saturated rings. The van der Waals surface area contributed by atoms with Crippen molar-refractivity contribution >= 4 is 5.91 Å². The zero-order valence-corrected chi connectivity index (χ0v) is 16.3. The lowest BCUT2D eigenvalue weighted by atomic mass is 9.90. The molecule has 0 aromatic heterocycles. The SMILES string of the molecule is CC(C)C1C=C(C(=O)N2CCCCCCC2)OC(OCCOCCO)C1. The molecule has 2 aliphatic heterocycles.